The van der Waals surface area contributed by atoms with Crippen LogP contribution in [0.3, 0.4) is 0 Å². The minimum absolute atomic E-state index is 0.907. The predicted molar refractivity (Wildman–Crippen MR) is 94.2 cm³/mol. The van der Waals surface area contributed by atoms with Crippen molar-refractivity contribution in [1.29, 1.82) is 0 Å². The summed E-state index contributed by atoms with van der Waals surface area (Å²) in [7, 11) is 0. The maximum Gasteiger partial charge on any atom is -0.0320 e. The number of allylic oxidation sites excluding steroid dienone is 2. The molecule has 0 N–H and O–H groups in total. The number of rotatable bonds is 13. The Bertz CT molecular complexity index is 226. The molecule has 0 amide bonds. The second kappa shape index (κ2) is 13.7. The van der Waals surface area contributed by atoms with E-state index in [9.17, 15) is 0 Å². The van der Waals surface area contributed by atoms with Gasteiger partial charge in [-0.05, 0) is 38.0 Å². The first kappa shape index (κ1) is 19.7. The summed E-state index contributed by atoms with van der Waals surface area (Å²) in [4.78, 5) is 0. The molecular formula is C20H40. The van der Waals surface area contributed by atoms with E-state index < -0.39 is 0 Å². The van der Waals surface area contributed by atoms with Crippen LogP contribution in [-0.4, -0.2) is 0 Å². The topological polar surface area (TPSA) is 0 Å². The van der Waals surface area contributed by atoms with E-state index in [0.29, 0.717) is 0 Å². The SMILES string of the molecule is CCCCC(C)CCC(C)=CCC(CCC)CCCC. The lowest BCUT2D eigenvalue weighted by atomic mass is 9.91. The van der Waals surface area contributed by atoms with Gasteiger partial charge in [0.1, 0.15) is 0 Å². The first-order chi connectivity index (χ1) is 9.63. The standard InChI is InChI=1S/C20H40/c1-6-9-12-18(4)14-15-19(5)16-17-20(11-8-3)13-10-7-2/h16,18,20H,6-15,17H2,1-5H3. The van der Waals surface area contributed by atoms with Crippen molar-refractivity contribution in [1.82, 2.24) is 0 Å². The Kier molecular flexibility index (Phi) is 13.5. The van der Waals surface area contributed by atoms with Crippen molar-refractivity contribution < 1.29 is 0 Å². The third-order valence-corrected chi connectivity index (χ3v) is 4.54. The lowest BCUT2D eigenvalue weighted by molar-refractivity contribution is 0.431. The van der Waals surface area contributed by atoms with Crippen molar-refractivity contribution in [3.8, 4) is 0 Å². The van der Waals surface area contributed by atoms with Gasteiger partial charge >= 0.3 is 0 Å². The predicted octanol–water partition coefficient (Wildman–Crippen LogP) is 7.54. The Morgan fingerprint density at radius 3 is 2.10 bits per heavy atom. The fourth-order valence-corrected chi connectivity index (χ4v) is 2.92. The first-order valence-corrected chi connectivity index (χ1v) is 9.29. The van der Waals surface area contributed by atoms with Gasteiger partial charge < -0.3 is 0 Å². The van der Waals surface area contributed by atoms with Crippen LogP contribution in [0, 0.1) is 11.8 Å². The molecule has 0 aromatic carbocycles. The molecule has 20 heavy (non-hydrogen) atoms. The molecule has 2 unspecified atom stereocenters. The summed E-state index contributed by atoms with van der Waals surface area (Å²) >= 11 is 0. The Balaban J connectivity index is 3.95. The molecule has 0 saturated heterocycles. The zero-order chi connectivity index (χ0) is 15.2. The molecule has 0 bridgehead atoms. The van der Waals surface area contributed by atoms with Crippen molar-refractivity contribution in [3.63, 3.8) is 0 Å². The molecule has 0 aromatic heterocycles. The second-order valence-corrected chi connectivity index (χ2v) is 6.87. The van der Waals surface area contributed by atoms with E-state index in [-0.39, 0.29) is 0 Å². The van der Waals surface area contributed by atoms with Crippen LogP contribution in [0.25, 0.3) is 0 Å². The van der Waals surface area contributed by atoms with Crippen molar-refractivity contribution >= 4 is 0 Å². The van der Waals surface area contributed by atoms with E-state index in [4.69, 9.17) is 0 Å². The molecule has 2 atom stereocenters. The monoisotopic (exact) mass is 280 g/mol. The second-order valence-electron chi connectivity index (χ2n) is 6.87. The van der Waals surface area contributed by atoms with Crippen molar-refractivity contribution in [3.05, 3.63) is 11.6 Å². The third-order valence-electron chi connectivity index (χ3n) is 4.54. The summed E-state index contributed by atoms with van der Waals surface area (Å²) in [5.41, 5.74) is 1.63. The molecule has 120 valence electrons. The normalized spacial score (nSPS) is 15.3. The molecule has 0 radical (unpaired) electrons. The Morgan fingerprint density at radius 1 is 0.850 bits per heavy atom. The highest BCUT2D eigenvalue weighted by atomic mass is 14.1. The molecule has 0 fully saturated rings. The van der Waals surface area contributed by atoms with Crippen molar-refractivity contribution in [2.75, 3.05) is 0 Å². The Hall–Kier alpha value is -0.260. The highest BCUT2D eigenvalue weighted by Gasteiger charge is 2.06. The van der Waals surface area contributed by atoms with Gasteiger partial charge in [0.15, 0.2) is 0 Å². The van der Waals surface area contributed by atoms with Crippen LogP contribution in [-0.2, 0) is 0 Å². The zero-order valence-electron chi connectivity index (χ0n) is 15.0. The average molecular weight is 281 g/mol. The van der Waals surface area contributed by atoms with Gasteiger partial charge in [0, 0.05) is 0 Å². The summed E-state index contributed by atoms with van der Waals surface area (Å²) < 4.78 is 0. The van der Waals surface area contributed by atoms with Crippen LogP contribution in [0.4, 0.5) is 0 Å². The smallest absolute Gasteiger partial charge is 0.0320 e. The summed E-state index contributed by atoms with van der Waals surface area (Å²) in [5, 5.41) is 0. The number of hydrogen-bond acceptors (Lipinski definition) is 0. The van der Waals surface area contributed by atoms with E-state index in [2.05, 4.69) is 40.7 Å². The minimum Gasteiger partial charge on any atom is -0.0853 e. The molecule has 0 aromatic rings. The number of unbranched alkanes of at least 4 members (excludes halogenated alkanes) is 2. The van der Waals surface area contributed by atoms with E-state index in [1.165, 1.54) is 70.6 Å². The molecule has 0 aliphatic rings. The van der Waals surface area contributed by atoms with Gasteiger partial charge in [0.05, 0.1) is 0 Å². The fraction of sp³-hybridized carbons (Fsp3) is 0.900. The zero-order valence-corrected chi connectivity index (χ0v) is 15.0. The van der Waals surface area contributed by atoms with Crippen molar-refractivity contribution in [2.24, 2.45) is 11.8 Å². The van der Waals surface area contributed by atoms with Gasteiger partial charge in [-0.1, -0.05) is 90.7 Å². The molecular weight excluding hydrogens is 240 g/mol. The van der Waals surface area contributed by atoms with Crippen LogP contribution < -0.4 is 0 Å². The van der Waals surface area contributed by atoms with Gasteiger partial charge in [-0.3, -0.25) is 0 Å². The third kappa shape index (κ3) is 11.6. The van der Waals surface area contributed by atoms with Gasteiger partial charge in [-0.25, -0.2) is 0 Å². The summed E-state index contributed by atoms with van der Waals surface area (Å²) in [5.74, 6) is 1.84. The molecule has 0 spiro atoms. The molecule has 0 aliphatic heterocycles. The summed E-state index contributed by atoms with van der Waals surface area (Å²) in [6.07, 6.45) is 17.7. The van der Waals surface area contributed by atoms with Crippen LogP contribution in [0.5, 0.6) is 0 Å². The summed E-state index contributed by atoms with van der Waals surface area (Å²) in [6.45, 7) is 11.7. The molecule has 0 heteroatoms. The van der Waals surface area contributed by atoms with E-state index in [0.717, 1.165) is 11.8 Å². The van der Waals surface area contributed by atoms with E-state index in [1.54, 1.807) is 5.57 Å². The average Bonchev–Trinajstić information content (AvgIpc) is 2.45. The minimum atomic E-state index is 0.907. The van der Waals surface area contributed by atoms with Crippen LogP contribution in [0.2, 0.25) is 0 Å². The van der Waals surface area contributed by atoms with Gasteiger partial charge in [0.2, 0.25) is 0 Å². The highest BCUT2D eigenvalue weighted by Crippen LogP contribution is 2.22. The number of hydrogen-bond donors (Lipinski definition) is 0. The maximum absolute atomic E-state index is 2.54. The quantitative estimate of drug-likeness (QED) is 0.306. The van der Waals surface area contributed by atoms with Crippen LogP contribution in [0.1, 0.15) is 105 Å². The lowest BCUT2D eigenvalue weighted by Crippen LogP contribution is -1.99. The fourth-order valence-electron chi connectivity index (χ4n) is 2.92. The molecule has 0 rings (SSSR count). The molecule has 0 heterocycles. The largest absolute Gasteiger partial charge is 0.0853 e. The van der Waals surface area contributed by atoms with Gasteiger partial charge in [-0.15, -0.1) is 0 Å². The van der Waals surface area contributed by atoms with E-state index in [1.807, 2.05) is 0 Å². The van der Waals surface area contributed by atoms with Crippen molar-refractivity contribution in [2.45, 2.75) is 105 Å². The molecule has 0 saturated carbocycles. The van der Waals surface area contributed by atoms with Crippen LogP contribution >= 0.6 is 0 Å². The van der Waals surface area contributed by atoms with Crippen LogP contribution in [0.15, 0.2) is 11.6 Å². The maximum atomic E-state index is 2.54. The Morgan fingerprint density at radius 2 is 1.50 bits per heavy atom. The molecule has 0 aliphatic carbocycles. The summed E-state index contributed by atoms with van der Waals surface area (Å²) in [6, 6.07) is 0. The Labute approximate surface area is 129 Å². The highest BCUT2D eigenvalue weighted by molar-refractivity contribution is 4.98. The van der Waals surface area contributed by atoms with E-state index >= 15 is 0 Å². The van der Waals surface area contributed by atoms with Gasteiger partial charge in [0.25, 0.3) is 0 Å². The lowest BCUT2D eigenvalue weighted by Gasteiger charge is -2.15. The molecule has 0 nitrogen and oxygen atoms in total. The first-order valence-electron chi connectivity index (χ1n) is 9.29. The van der Waals surface area contributed by atoms with Gasteiger partial charge in [-0.2, -0.15) is 0 Å².